The number of hydrogen-bond acceptors (Lipinski definition) is 3. The van der Waals surface area contributed by atoms with Gasteiger partial charge in [0.1, 0.15) is 11.7 Å². The van der Waals surface area contributed by atoms with E-state index in [9.17, 15) is 4.39 Å². The molecule has 2 aromatic rings. The zero-order valence-electron chi connectivity index (χ0n) is 13.8. The Labute approximate surface area is 151 Å². The Bertz CT molecular complexity index is 815. The zero-order chi connectivity index (χ0) is 17.3. The van der Waals surface area contributed by atoms with Crippen LogP contribution in [-0.2, 0) is 6.54 Å². The second-order valence-corrected chi connectivity index (χ2v) is 6.98. The smallest absolute Gasteiger partial charge is 0.148 e. The number of nitrogens with zero attached hydrogens (tertiary/aromatic N) is 1. The van der Waals surface area contributed by atoms with Crippen molar-refractivity contribution < 1.29 is 4.39 Å². The van der Waals surface area contributed by atoms with Crippen LogP contribution in [0.5, 0.6) is 0 Å². The quantitative estimate of drug-likeness (QED) is 0.759. The number of hydrogen-bond donors (Lipinski definition) is 3. The standard InChI is InChI=1S/C19H20ClFN4/c20-14-4-1-3-13(11-14)12-23-18-19(7-9-22-10-8-19)25-16-6-2-5-15(21)17(16)24-18/h1-6,11,22,25H,7-10,12H2,(H,23,24). The first-order valence-corrected chi connectivity index (χ1v) is 8.88. The van der Waals surface area contributed by atoms with Crippen molar-refractivity contribution in [1.29, 1.82) is 0 Å². The molecule has 0 amide bonds. The summed E-state index contributed by atoms with van der Waals surface area (Å²) in [5.41, 5.74) is 2.01. The molecular weight excluding hydrogens is 339 g/mol. The minimum absolute atomic E-state index is 0.274. The van der Waals surface area contributed by atoms with E-state index in [2.05, 4.69) is 16.0 Å². The lowest BCUT2D eigenvalue weighted by Gasteiger charge is -2.44. The molecule has 130 valence electrons. The summed E-state index contributed by atoms with van der Waals surface area (Å²) in [4.78, 5) is 4.80. The molecule has 1 spiro atoms. The van der Waals surface area contributed by atoms with E-state index >= 15 is 0 Å². The molecule has 0 unspecified atom stereocenters. The van der Waals surface area contributed by atoms with Gasteiger partial charge in [0.05, 0.1) is 23.5 Å². The SMILES string of the molecule is Fc1cccc2c1NC(=NCc1cccc(Cl)c1)C1(CCNCC1)N2. The van der Waals surface area contributed by atoms with E-state index in [0.717, 1.165) is 43.0 Å². The lowest BCUT2D eigenvalue weighted by Crippen LogP contribution is -2.58. The van der Waals surface area contributed by atoms with Crippen LogP contribution in [0.4, 0.5) is 15.8 Å². The summed E-state index contributed by atoms with van der Waals surface area (Å²) in [6.07, 6.45) is 1.79. The molecule has 0 aliphatic carbocycles. The molecule has 0 aromatic heterocycles. The largest absolute Gasteiger partial charge is 0.371 e. The second-order valence-electron chi connectivity index (χ2n) is 6.54. The Morgan fingerprint density at radius 3 is 2.72 bits per heavy atom. The van der Waals surface area contributed by atoms with Crippen molar-refractivity contribution in [2.45, 2.75) is 24.9 Å². The molecule has 6 heteroatoms. The minimum atomic E-state index is -0.287. The molecule has 3 N–H and O–H groups in total. The zero-order valence-corrected chi connectivity index (χ0v) is 14.5. The maximum Gasteiger partial charge on any atom is 0.148 e. The number of halogens is 2. The number of rotatable bonds is 2. The number of nitrogens with one attached hydrogen (secondary N) is 3. The molecular formula is C19H20ClFN4. The fraction of sp³-hybridized carbons (Fsp3) is 0.316. The maximum absolute atomic E-state index is 14.2. The van der Waals surface area contributed by atoms with Crippen molar-refractivity contribution in [1.82, 2.24) is 5.32 Å². The van der Waals surface area contributed by atoms with Gasteiger partial charge < -0.3 is 16.0 Å². The van der Waals surface area contributed by atoms with Crippen LogP contribution in [0, 0.1) is 5.82 Å². The molecule has 0 atom stereocenters. The van der Waals surface area contributed by atoms with E-state index in [4.69, 9.17) is 16.6 Å². The number of aliphatic imine (C=N–C) groups is 1. The molecule has 0 bridgehead atoms. The summed E-state index contributed by atoms with van der Waals surface area (Å²) >= 11 is 6.06. The van der Waals surface area contributed by atoms with Gasteiger partial charge in [0.25, 0.3) is 0 Å². The van der Waals surface area contributed by atoms with Crippen molar-refractivity contribution >= 4 is 28.8 Å². The number of para-hydroxylation sites is 1. The molecule has 2 heterocycles. The van der Waals surface area contributed by atoms with E-state index in [1.807, 2.05) is 30.3 Å². The Hall–Kier alpha value is -2.11. The van der Waals surface area contributed by atoms with Crippen molar-refractivity contribution in [3.8, 4) is 0 Å². The molecule has 4 nitrogen and oxygen atoms in total. The first-order chi connectivity index (χ1) is 12.2. The summed E-state index contributed by atoms with van der Waals surface area (Å²) < 4.78 is 14.2. The van der Waals surface area contributed by atoms with E-state index < -0.39 is 0 Å². The lowest BCUT2D eigenvalue weighted by molar-refractivity contribution is 0.418. The normalized spacial score (nSPS) is 20.0. The summed E-state index contributed by atoms with van der Waals surface area (Å²) in [5.74, 6) is 0.524. The summed E-state index contributed by atoms with van der Waals surface area (Å²) in [7, 11) is 0. The predicted octanol–water partition coefficient (Wildman–Crippen LogP) is 4.04. The Morgan fingerprint density at radius 2 is 1.92 bits per heavy atom. The highest BCUT2D eigenvalue weighted by Gasteiger charge is 2.41. The van der Waals surface area contributed by atoms with Crippen LogP contribution < -0.4 is 16.0 Å². The Kier molecular flexibility index (Phi) is 4.36. The fourth-order valence-corrected chi connectivity index (χ4v) is 3.74. The first kappa shape index (κ1) is 16.4. The third kappa shape index (κ3) is 3.22. The third-order valence-electron chi connectivity index (χ3n) is 4.85. The minimum Gasteiger partial charge on any atom is -0.371 e. The molecule has 2 aliphatic rings. The van der Waals surface area contributed by atoms with Crippen LogP contribution in [-0.4, -0.2) is 24.5 Å². The molecule has 1 fully saturated rings. The van der Waals surface area contributed by atoms with Crippen LogP contribution >= 0.6 is 11.6 Å². The molecule has 2 aromatic carbocycles. The monoisotopic (exact) mass is 358 g/mol. The maximum atomic E-state index is 14.2. The van der Waals surface area contributed by atoms with Crippen LogP contribution in [0.3, 0.4) is 0 Å². The number of benzene rings is 2. The van der Waals surface area contributed by atoms with Crippen molar-refractivity contribution in [2.24, 2.45) is 4.99 Å². The summed E-state index contributed by atoms with van der Waals surface area (Å²) in [6.45, 7) is 2.30. The highest BCUT2D eigenvalue weighted by molar-refractivity contribution is 6.30. The summed E-state index contributed by atoms with van der Waals surface area (Å²) in [5, 5.41) is 10.9. The van der Waals surface area contributed by atoms with Crippen molar-refractivity contribution in [2.75, 3.05) is 23.7 Å². The van der Waals surface area contributed by atoms with Crippen molar-refractivity contribution in [3.05, 3.63) is 58.9 Å². The lowest BCUT2D eigenvalue weighted by atomic mass is 9.84. The number of amidine groups is 1. The van der Waals surface area contributed by atoms with Gasteiger partial charge in [0, 0.05) is 5.02 Å². The number of anilines is 2. The average Bonchev–Trinajstić information content (AvgIpc) is 2.61. The van der Waals surface area contributed by atoms with Gasteiger partial charge in [-0.1, -0.05) is 29.8 Å². The van der Waals surface area contributed by atoms with Gasteiger partial charge >= 0.3 is 0 Å². The van der Waals surface area contributed by atoms with Crippen LogP contribution in [0.1, 0.15) is 18.4 Å². The van der Waals surface area contributed by atoms with Crippen molar-refractivity contribution in [3.63, 3.8) is 0 Å². The van der Waals surface area contributed by atoms with E-state index in [1.165, 1.54) is 6.07 Å². The first-order valence-electron chi connectivity index (χ1n) is 8.50. The Balaban J connectivity index is 1.69. The van der Waals surface area contributed by atoms with Gasteiger partial charge in [-0.25, -0.2) is 4.39 Å². The van der Waals surface area contributed by atoms with Crippen LogP contribution in [0.25, 0.3) is 0 Å². The van der Waals surface area contributed by atoms with E-state index in [0.29, 0.717) is 17.3 Å². The van der Waals surface area contributed by atoms with Gasteiger partial charge in [-0.15, -0.1) is 0 Å². The van der Waals surface area contributed by atoms with Gasteiger partial charge in [-0.2, -0.15) is 0 Å². The molecule has 0 radical (unpaired) electrons. The van der Waals surface area contributed by atoms with Crippen LogP contribution in [0.2, 0.25) is 5.02 Å². The highest BCUT2D eigenvalue weighted by Crippen LogP contribution is 2.37. The second kappa shape index (κ2) is 6.65. The van der Waals surface area contributed by atoms with E-state index in [-0.39, 0.29) is 11.4 Å². The molecule has 25 heavy (non-hydrogen) atoms. The van der Waals surface area contributed by atoms with E-state index in [1.54, 1.807) is 6.07 Å². The molecule has 4 rings (SSSR count). The number of fused-ring (bicyclic) bond motifs is 1. The topological polar surface area (TPSA) is 48.5 Å². The van der Waals surface area contributed by atoms with Gasteiger partial charge in [-0.3, -0.25) is 4.99 Å². The van der Waals surface area contributed by atoms with Gasteiger partial charge in [0.15, 0.2) is 0 Å². The fourth-order valence-electron chi connectivity index (χ4n) is 3.52. The molecule has 0 saturated carbocycles. The number of piperidine rings is 1. The molecule has 2 aliphatic heterocycles. The molecule has 1 saturated heterocycles. The average molecular weight is 359 g/mol. The van der Waals surface area contributed by atoms with Gasteiger partial charge in [-0.05, 0) is 55.8 Å². The Morgan fingerprint density at radius 1 is 1.12 bits per heavy atom. The summed E-state index contributed by atoms with van der Waals surface area (Å²) in [6, 6.07) is 12.8. The predicted molar refractivity (Wildman–Crippen MR) is 101 cm³/mol. The van der Waals surface area contributed by atoms with Crippen LogP contribution in [0.15, 0.2) is 47.5 Å². The highest BCUT2D eigenvalue weighted by atomic mass is 35.5. The van der Waals surface area contributed by atoms with Gasteiger partial charge in [0.2, 0.25) is 0 Å². The third-order valence-corrected chi connectivity index (χ3v) is 5.09.